The lowest BCUT2D eigenvalue weighted by Gasteiger charge is -2.45. The minimum Gasteiger partial charge on any atom is -0.351 e. The molecule has 2 atom stereocenters. The van der Waals surface area contributed by atoms with Crippen LogP contribution in [-0.4, -0.2) is 27.8 Å². The SMILES string of the molecule is NC1CC2CCCC(C1)C2NC(=O)Cn1cc(Br)cn1. The molecule has 2 aliphatic carbocycles. The zero-order valence-corrected chi connectivity index (χ0v) is 13.1. The molecule has 2 aliphatic rings. The molecule has 6 heteroatoms. The van der Waals surface area contributed by atoms with Crippen molar-refractivity contribution in [3.63, 3.8) is 0 Å². The minimum atomic E-state index is 0.0537. The number of aromatic nitrogens is 2. The van der Waals surface area contributed by atoms with Gasteiger partial charge < -0.3 is 11.1 Å². The topological polar surface area (TPSA) is 72.9 Å². The second-order valence-electron chi connectivity index (χ2n) is 6.13. The van der Waals surface area contributed by atoms with E-state index in [-0.39, 0.29) is 12.5 Å². The van der Waals surface area contributed by atoms with Crippen molar-refractivity contribution in [3.8, 4) is 0 Å². The number of halogens is 1. The first kappa shape index (κ1) is 14.1. The molecular formula is C14H21BrN4O. The summed E-state index contributed by atoms with van der Waals surface area (Å²) in [5, 5.41) is 7.35. The Morgan fingerprint density at radius 1 is 1.45 bits per heavy atom. The molecule has 0 radical (unpaired) electrons. The number of amides is 1. The Bertz CT molecular complexity index is 475. The second kappa shape index (κ2) is 5.85. The van der Waals surface area contributed by atoms with Gasteiger partial charge in [-0.25, -0.2) is 0 Å². The third-order valence-electron chi connectivity index (χ3n) is 4.61. The van der Waals surface area contributed by atoms with E-state index in [9.17, 15) is 4.79 Å². The Balaban J connectivity index is 1.60. The van der Waals surface area contributed by atoms with Crippen LogP contribution in [0.4, 0.5) is 0 Å². The monoisotopic (exact) mass is 340 g/mol. The third kappa shape index (κ3) is 3.06. The molecule has 2 unspecified atom stereocenters. The van der Waals surface area contributed by atoms with Crippen molar-refractivity contribution in [2.75, 3.05) is 0 Å². The normalized spacial score (nSPS) is 32.9. The fourth-order valence-electron chi connectivity index (χ4n) is 3.83. The molecule has 0 aromatic carbocycles. The Labute approximate surface area is 127 Å². The summed E-state index contributed by atoms with van der Waals surface area (Å²) in [5.41, 5.74) is 6.11. The van der Waals surface area contributed by atoms with Crippen molar-refractivity contribution >= 4 is 21.8 Å². The summed E-state index contributed by atoms with van der Waals surface area (Å²) in [6, 6.07) is 0.635. The summed E-state index contributed by atoms with van der Waals surface area (Å²) in [6.45, 7) is 0.285. The van der Waals surface area contributed by atoms with Crippen LogP contribution in [0.25, 0.3) is 0 Å². The number of nitrogens with one attached hydrogen (secondary N) is 1. The summed E-state index contributed by atoms with van der Waals surface area (Å²) in [6.07, 6.45) is 9.29. The van der Waals surface area contributed by atoms with Gasteiger partial charge in [-0.1, -0.05) is 6.42 Å². The van der Waals surface area contributed by atoms with Gasteiger partial charge >= 0.3 is 0 Å². The molecule has 110 valence electrons. The van der Waals surface area contributed by atoms with Crippen molar-refractivity contribution < 1.29 is 4.79 Å². The molecule has 2 fully saturated rings. The Hall–Kier alpha value is -0.880. The second-order valence-corrected chi connectivity index (χ2v) is 7.05. The molecule has 1 aromatic heterocycles. The highest BCUT2D eigenvalue weighted by atomic mass is 79.9. The molecule has 3 rings (SSSR count). The van der Waals surface area contributed by atoms with Crippen LogP contribution in [-0.2, 0) is 11.3 Å². The van der Waals surface area contributed by atoms with Gasteiger partial charge in [0.05, 0.1) is 10.7 Å². The number of fused-ring (bicyclic) bond motifs is 2. The lowest BCUT2D eigenvalue weighted by atomic mass is 9.67. The summed E-state index contributed by atoms with van der Waals surface area (Å²) in [7, 11) is 0. The standard InChI is InChI=1S/C14H21BrN4O/c15-11-6-17-19(7-11)8-13(20)18-14-9-2-1-3-10(14)5-12(16)4-9/h6-7,9-10,12,14H,1-5,8,16H2,(H,18,20). The molecule has 5 nitrogen and oxygen atoms in total. The van der Waals surface area contributed by atoms with Gasteiger partial charge in [0.2, 0.25) is 5.91 Å². The molecule has 2 bridgehead atoms. The van der Waals surface area contributed by atoms with E-state index in [2.05, 4.69) is 26.3 Å². The van der Waals surface area contributed by atoms with Gasteiger partial charge in [0.15, 0.2) is 0 Å². The summed E-state index contributed by atoms with van der Waals surface area (Å²) < 4.78 is 2.55. The van der Waals surface area contributed by atoms with Crippen molar-refractivity contribution in [1.82, 2.24) is 15.1 Å². The number of carbonyl (C=O) groups is 1. The van der Waals surface area contributed by atoms with Crippen molar-refractivity contribution in [2.45, 2.75) is 50.7 Å². The van der Waals surface area contributed by atoms with E-state index in [4.69, 9.17) is 5.73 Å². The van der Waals surface area contributed by atoms with Gasteiger partial charge in [-0.2, -0.15) is 5.10 Å². The van der Waals surface area contributed by atoms with Gasteiger partial charge in [0.1, 0.15) is 6.54 Å². The average molecular weight is 341 g/mol. The van der Waals surface area contributed by atoms with Gasteiger partial charge in [0, 0.05) is 18.3 Å². The summed E-state index contributed by atoms with van der Waals surface area (Å²) in [4.78, 5) is 12.2. The van der Waals surface area contributed by atoms with Crippen LogP contribution in [0, 0.1) is 11.8 Å². The zero-order chi connectivity index (χ0) is 14.1. The number of hydrogen-bond donors (Lipinski definition) is 2. The summed E-state index contributed by atoms with van der Waals surface area (Å²) in [5.74, 6) is 1.18. The highest BCUT2D eigenvalue weighted by molar-refractivity contribution is 9.10. The number of nitrogens with two attached hydrogens (primary N) is 1. The third-order valence-corrected chi connectivity index (χ3v) is 5.02. The smallest absolute Gasteiger partial charge is 0.241 e. The maximum absolute atomic E-state index is 12.2. The zero-order valence-electron chi connectivity index (χ0n) is 11.5. The molecule has 2 saturated carbocycles. The molecule has 20 heavy (non-hydrogen) atoms. The van der Waals surface area contributed by atoms with E-state index in [1.807, 2.05) is 6.20 Å². The molecule has 1 aromatic rings. The predicted molar refractivity (Wildman–Crippen MR) is 79.9 cm³/mol. The van der Waals surface area contributed by atoms with Crippen LogP contribution in [0.1, 0.15) is 32.1 Å². The quantitative estimate of drug-likeness (QED) is 0.878. The van der Waals surface area contributed by atoms with Crippen LogP contribution in [0.15, 0.2) is 16.9 Å². The van der Waals surface area contributed by atoms with Crippen LogP contribution in [0.3, 0.4) is 0 Å². The van der Waals surface area contributed by atoms with E-state index >= 15 is 0 Å². The van der Waals surface area contributed by atoms with Gasteiger partial charge in [0.25, 0.3) is 0 Å². The summed E-state index contributed by atoms with van der Waals surface area (Å²) >= 11 is 3.34. The first-order valence-corrected chi connectivity index (χ1v) is 8.14. The molecule has 0 aliphatic heterocycles. The van der Waals surface area contributed by atoms with Gasteiger partial charge in [-0.05, 0) is 53.4 Å². The van der Waals surface area contributed by atoms with Gasteiger partial charge in [-0.3, -0.25) is 9.48 Å². The molecular weight excluding hydrogens is 320 g/mol. The number of carbonyl (C=O) groups excluding carboxylic acids is 1. The van der Waals surface area contributed by atoms with E-state index in [1.54, 1.807) is 10.9 Å². The molecule has 1 heterocycles. The number of hydrogen-bond acceptors (Lipinski definition) is 3. The molecule has 0 saturated heterocycles. The van der Waals surface area contributed by atoms with Crippen molar-refractivity contribution in [3.05, 3.63) is 16.9 Å². The number of rotatable bonds is 3. The Kier molecular flexibility index (Phi) is 4.12. The Morgan fingerprint density at radius 2 is 2.15 bits per heavy atom. The fourth-order valence-corrected chi connectivity index (χ4v) is 4.16. The van der Waals surface area contributed by atoms with E-state index in [0.29, 0.717) is 23.9 Å². The minimum absolute atomic E-state index is 0.0537. The van der Waals surface area contributed by atoms with Crippen LogP contribution < -0.4 is 11.1 Å². The first-order chi connectivity index (χ1) is 9.61. The van der Waals surface area contributed by atoms with Crippen LogP contribution >= 0.6 is 15.9 Å². The lowest BCUT2D eigenvalue weighted by molar-refractivity contribution is -0.124. The van der Waals surface area contributed by atoms with Crippen LogP contribution in [0.5, 0.6) is 0 Å². The highest BCUT2D eigenvalue weighted by Crippen LogP contribution is 2.39. The largest absolute Gasteiger partial charge is 0.351 e. The lowest BCUT2D eigenvalue weighted by Crippen LogP contribution is -2.54. The first-order valence-electron chi connectivity index (χ1n) is 7.34. The number of nitrogens with zero attached hydrogens (tertiary/aromatic N) is 2. The molecule has 1 amide bonds. The van der Waals surface area contributed by atoms with Crippen molar-refractivity contribution in [2.24, 2.45) is 17.6 Å². The van der Waals surface area contributed by atoms with Gasteiger partial charge in [-0.15, -0.1) is 0 Å². The van der Waals surface area contributed by atoms with E-state index in [0.717, 1.165) is 17.3 Å². The fraction of sp³-hybridized carbons (Fsp3) is 0.714. The highest BCUT2D eigenvalue weighted by Gasteiger charge is 2.39. The average Bonchev–Trinajstić information content (AvgIpc) is 2.76. The van der Waals surface area contributed by atoms with E-state index in [1.165, 1.54) is 19.3 Å². The Morgan fingerprint density at radius 3 is 2.75 bits per heavy atom. The van der Waals surface area contributed by atoms with E-state index < -0.39 is 0 Å². The molecule has 3 N–H and O–H groups in total. The molecule has 0 spiro atoms. The van der Waals surface area contributed by atoms with Crippen molar-refractivity contribution in [1.29, 1.82) is 0 Å². The predicted octanol–water partition coefficient (Wildman–Crippen LogP) is 1.67. The maximum Gasteiger partial charge on any atom is 0.241 e. The van der Waals surface area contributed by atoms with Crippen LogP contribution in [0.2, 0.25) is 0 Å². The maximum atomic E-state index is 12.2.